The lowest BCUT2D eigenvalue weighted by Crippen LogP contribution is -2.57. The molecule has 1 saturated heterocycles. The van der Waals surface area contributed by atoms with E-state index >= 15 is 0 Å². The number of hydrogen-bond acceptors (Lipinski definition) is 8. The number of allylic oxidation sites excluding steroid dienone is 1. The van der Waals surface area contributed by atoms with E-state index in [4.69, 9.17) is 14.2 Å². The summed E-state index contributed by atoms with van der Waals surface area (Å²) in [6.07, 6.45) is 4.04. The number of carboxylic acid groups (broad SMARTS) is 1. The van der Waals surface area contributed by atoms with Crippen LogP contribution in [-0.4, -0.2) is 81.3 Å². The topological polar surface area (TPSA) is 164 Å². The summed E-state index contributed by atoms with van der Waals surface area (Å²) in [4.78, 5) is 71.5. The van der Waals surface area contributed by atoms with Crippen molar-refractivity contribution in [3.8, 4) is 5.75 Å². The average Bonchev–Trinajstić information content (AvgIpc) is 3.41. The molecule has 0 spiro atoms. The zero-order chi connectivity index (χ0) is 38.1. The van der Waals surface area contributed by atoms with Gasteiger partial charge in [0.2, 0.25) is 11.8 Å². The zero-order valence-corrected chi connectivity index (χ0v) is 30.4. The number of benzene rings is 2. The molecule has 1 aliphatic carbocycles. The van der Waals surface area contributed by atoms with Crippen molar-refractivity contribution >= 4 is 30.0 Å². The molecule has 0 aromatic heterocycles. The number of nitrogens with one attached hydrogen (secondary N) is 2. The molecule has 3 aliphatic heterocycles. The third-order valence-corrected chi connectivity index (χ3v) is 10.4. The van der Waals surface area contributed by atoms with Crippen molar-refractivity contribution in [2.75, 3.05) is 7.11 Å². The SMILES string of the molecule is COc1ccc([C@H]2[C@H](OC(=O)N3Cc4cccc(F)c4C3)CC3C(=O)NC4(C(=O)O)CC4/C=C\CCCCCC(NC(=O)OC(C)(C)C)C(=O)N32)cc1. The summed E-state index contributed by atoms with van der Waals surface area (Å²) in [6.45, 7) is 5.19. The molecule has 53 heavy (non-hydrogen) atoms. The number of carbonyl (C=O) groups is 5. The first-order chi connectivity index (χ1) is 25.2. The number of ether oxygens (including phenoxy) is 3. The van der Waals surface area contributed by atoms with E-state index in [1.54, 1.807) is 57.2 Å². The number of aliphatic carboxylic acids is 1. The highest BCUT2D eigenvalue weighted by Gasteiger charge is 2.62. The maximum atomic E-state index is 14.9. The number of amides is 4. The van der Waals surface area contributed by atoms with Gasteiger partial charge in [-0.3, -0.25) is 14.5 Å². The maximum Gasteiger partial charge on any atom is 0.410 e. The summed E-state index contributed by atoms with van der Waals surface area (Å²) in [7, 11) is 1.50. The highest BCUT2D eigenvalue weighted by molar-refractivity contribution is 5.96. The number of halogens is 1. The Morgan fingerprint density at radius 1 is 1.04 bits per heavy atom. The molecular weight excluding hydrogens is 687 g/mol. The minimum absolute atomic E-state index is 0.0226. The predicted octanol–water partition coefficient (Wildman–Crippen LogP) is 5.37. The molecule has 0 bridgehead atoms. The Morgan fingerprint density at radius 2 is 1.79 bits per heavy atom. The first-order valence-electron chi connectivity index (χ1n) is 18.1. The lowest BCUT2D eigenvalue weighted by Gasteiger charge is -2.35. The second-order valence-electron chi connectivity index (χ2n) is 15.2. The fourth-order valence-electron chi connectivity index (χ4n) is 7.56. The van der Waals surface area contributed by atoms with Gasteiger partial charge in [-0.05, 0) is 75.8 Å². The van der Waals surface area contributed by atoms with Crippen LogP contribution < -0.4 is 15.4 Å². The number of rotatable bonds is 5. The van der Waals surface area contributed by atoms with Gasteiger partial charge >= 0.3 is 18.2 Å². The molecule has 4 unspecified atom stereocenters. The molecule has 3 N–H and O–H groups in total. The van der Waals surface area contributed by atoms with Crippen LogP contribution in [0.1, 0.15) is 88.4 Å². The molecule has 6 atom stereocenters. The van der Waals surface area contributed by atoms with Gasteiger partial charge in [0.1, 0.15) is 40.9 Å². The molecule has 2 aromatic carbocycles. The van der Waals surface area contributed by atoms with E-state index in [1.165, 1.54) is 23.0 Å². The van der Waals surface area contributed by atoms with Crippen molar-refractivity contribution < 1.29 is 47.7 Å². The first kappa shape index (κ1) is 37.6. The van der Waals surface area contributed by atoms with Crippen LogP contribution in [0.25, 0.3) is 0 Å². The van der Waals surface area contributed by atoms with Crippen LogP contribution >= 0.6 is 0 Å². The third kappa shape index (κ3) is 8.11. The van der Waals surface area contributed by atoms with Gasteiger partial charge in [-0.2, -0.15) is 0 Å². The predicted molar refractivity (Wildman–Crippen MR) is 189 cm³/mol. The van der Waals surface area contributed by atoms with E-state index in [0.29, 0.717) is 35.3 Å². The smallest absolute Gasteiger partial charge is 0.410 e. The number of nitrogens with zero attached hydrogens (tertiary/aromatic N) is 2. The van der Waals surface area contributed by atoms with Crippen LogP contribution in [-0.2, 0) is 36.9 Å². The Labute approximate surface area is 307 Å². The minimum atomic E-state index is -1.56. The summed E-state index contributed by atoms with van der Waals surface area (Å²) in [5.41, 5.74) is -0.883. The van der Waals surface area contributed by atoms with Gasteiger partial charge in [0.15, 0.2) is 0 Å². The maximum absolute atomic E-state index is 14.9. The van der Waals surface area contributed by atoms with Gasteiger partial charge in [-0.1, -0.05) is 49.3 Å². The second kappa shape index (κ2) is 15.1. The summed E-state index contributed by atoms with van der Waals surface area (Å²) in [6, 6.07) is 7.92. The van der Waals surface area contributed by atoms with Crippen LogP contribution in [0, 0.1) is 11.7 Å². The van der Waals surface area contributed by atoms with Gasteiger partial charge in [-0.15, -0.1) is 0 Å². The third-order valence-electron chi connectivity index (χ3n) is 10.4. The van der Waals surface area contributed by atoms with Crippen LogP contribution in [0.3, 0.4) is 0 Å². The quantitative estimate of drug-likeness (QED) is 0.343. The monoisotopic (exact) mass is 734 g/mol. The van der Waals surface area contributed by atoms with E-state index in [0.717, 1.165) is 12.8 Å². The fourth-order valence-corrected chi connectivity index (χ4v) is 7.56. The van der Waals surface area contributed by atoms with Gasteiger partial charge < -0.3 is 34.9 Å². The molecule has 6 rings (SSSR count). The molecule has 1 saturated carbocycles. The number of alkyl carbamates (subject to hydrolysis) is 1. The van der Waals surface area contributed by atoms with Crippen LogP contribution in [0.15, 0.2) is 54.6 Å². The standard InChI is InChI=1S/C39H47FN4O9/c1-38(2,3)53-36(49)41-29-14-9-7-5-6-8-12-25-20-39(25,35(47)48)42-33(45)30-19-31(32(44(30)34(29)46)23-15-17-26(51-4)18-16-23)52-37(50)43-21-24-11-10-13-28(40)27(24)22-43/h8,10-13,15-18,25,29-32H,5-7,9,14,19-22H2,1-4H3,(H,41,49)(H,42,45)(H,47,48)/b12-8-/t25?,29?,30?,31-,32+,39?/m1/s1. The van der Waals surface area contributed by atoms with Crippen molar-refractivity contribution in [1.29, 1.82) is 0 Å². The van der Waals surface area contributed by atoms with E-state index in [2.05, 4.69) is 10.6 Å². The second-order valence-corrected chi connectivity index (χ2v) is 15.2. The Balaban J connectivity index is 1.39. The lowest BCUT2D eigenvalue weighted by molar-refractivity contribution is -0.146. The normalized spacial score (nSPS) is 27.9. The van der Waals surface area contributed by atoms with Crippen molar-refractivity contribution in [2.24, 2.45) is 5.92 Å². The Bertz CT molecular complexity index is 1780. The Kier molecular flexibility index (Phi) is 10.7. The molecule has 0 radical (unpaired) electrons. The highest BCUT2D eigenvalue weighted by atomic mass is 19.1. The number of methoxy groups -OCH3 is 1. The zero-order valence-electron chi connectivity index (χ0n) is 30.4. The molecule has 4 amide bonds. The van der Waals surface area contributed by atoms with Crippen molar-refractivity contribution in [3.05, 3.63) is 77.1 Å². The Hall–Kier alpha value is -5.14. The van der Waals surface area contributed by atoms with E-state index in [-0.39, 0.29) is 32.4 Å². The molecule has 13 nitrogen and oxygen atoms in total. The van der Waals surface area contributed by atoms with E-state index < -0.39 is 77.1 Å². The average molecular weight is 735 g/mol. The van der Waals surface area contributed by atoms with Crippen LogP contribution in [0.4, 0.5) is 14.0 Å². The summed E-state index contributed by atoms with van der Waals surface area (Å²) < 4.78 is 31.6. The minimum Gasteiger partial charge on any atom is -0.497 e. The summed E-state index contributed by atoms with van der Waals surface area (Å²) in [5.74, 6) is -2.89. The lowest BCUT2D eigenvalue weighted by atomic mass is 10.00. The van der Waals surface area contributed by atoms with Crippen LogP contribution in [0.5, 0.6) is 5.75 Å². The number of carboxylic acids is 1. The van der Waals surface area contributed by atoms with E-state index in [9.17, 15) is 33.5 Å². The molecule has 2 fully saturated rings. The first-order valence-corrected chi connectivity index (χ1v) is 18.1. The molecule has 2 aromatic rings. The molecule has 14 heteroatoms. The van der Waals surface area contributed by atoms with Gasteiger partial charge in [0, 0.05) is 24.4 Å². The van der Waals surface area contributed by atoms with Crippen molar-refractivity contribution in [1.82, 2.24) is 20.4 Å². The number of hydrogen-bond donors (Lipinski definition) is 3. The van der Waals surface area contributed by atoms with Crippen LogP contribution in [0.2, 0.25) is 0 Å². The summed E-state index contributed by atoms with van der Waals surface area (Å²) >= 11 is 0. The number of carbonyl (C=O) groups excluding carboxylic acids is 4. The van der Waals surface area contributed by atoms with Gasteiger partial charge in [0.25, 0.3) is 0 Å². The van der Waals surface area contributed by atoms with E-state index in [1.807, 2.05) is 12.2 Å². The Morgan fingerprint density at radius 3 is 2.47 bits per heavy atom. The largest absolute Gasteiger partial charge is 0.497 e. The molecule has 4 aliphatic rings. The molecule has 3 heterocycles. The van der Waals surface area contributed by atoms with Gasteiger partial charge in [-0.25, -0.2) is 18.8 Å². The van der Waals surface area contributed by atoms with Crippen molar-refractivity contribution in [2.45, 2.75) is 114 Å². The van der Waals surface area contributed by atoms with Gasteiger partial charge in [0.05, 0.1) is 19.7 Å². The fraction of sp³-hybridized carbons (Fsp3) is 0.513. The number of fused-ring (bicyclic) bond motifs is 3. The molecule has 284 valence electrons. The molecular formula is C39H47FN4O9. The van der Waals surface area contributed by atoms with Crippen molar-refractivity contribution in [3.63, 3.8) is 0 Å². The summed E-state index contributed by atoms with van der Waals surface area (Å²) in [5, 5.41) is 15.8. The highest BCUT2D eigenvalue weighted by Crippen LogP contribution is 2.47.